The van der Waals surface area contributed by atoms with Gasteiger partial charge in [-0.2, -0.15) is 5.10 Å². The lowest BCUT2D eigenvalue weighted by Crippen LogP contribution is -2.14. The van der Waals surface area contributed by atoms with E-state index >= 15 is 0 Å². The van der Waals surface area contributed by atoms with Crippen LogP contribution in [0.4, 0.5) is 5.69 Å². The number of benzene rings is 3. The van der Waals surface area contributed by atoms with E-state index in [0.717, 1.165) is 22.5 Å². The van der Waals surface area contributed by atoms with Crippen molar-refractivity contribution in [3.05, 3.63) is 101 Å². The molecule has 0 radical (unpaired) electrons. The lowest BCUT2D eigenvalue weighted by atomic mass is 10.1. The largest absolute Gasteiger partial charge is 0.322 e. The number of aromatic nitrogens is 2. The molecule has 0 aliphatic heterocycles. The van der Waals surface area contributed by atoms with Gasteiger partial charge in [0.2, 0.25) is 0 Å². The quantitative estimate of drug-likeness (QED) is 0.484. The van der Waals surface area contributed by atoms with Gasteiger partial charge >= 0.3 is 0 Å². The summed E-state index contributed by atoms with van der Waals surface area (Å²) in [5.41, 5.74) is 4.55. The van der Waals surface area contributed by atoms with E-state index < -0.39 is 0 Å². The summed E-state index contributed by atoms with van der Waals surface area (Å²) >= 11 is 6.19. The van der Waals surface area contributed by atoms with Gasteiger partial charge in [-0.15, -0.1) is 0 Å². The monoisotopic (exact) mass is 387 g/mol. The molecule has 0 bridgehead atoms. The van der Waals surface area contributed by atoms with Crippen molar-refractivity contribution < 1.29 is 4.79 Å². The maximum atomic E-state index is 13.1. The minimum Gasteiger partial charge on any atom is -0.322 e. The molecule has 28 heavy (non-hydrogen) atoms. The molecule has 3 aromatic carbocycles. The molecule has 0 saturated carbocycles. The van der Waals surface area contributed by atoms with Gasteiger partial charge < -0.3 is 5.32 Å². The van der Waals surface area contributed by atoms with Crippen molar-refractivity contribution in [1.82, 2.24) is 9.78 Å². The van der Waals surface area contributed by atoms with E-state index in [-0.39, 0.29) is 5.91 Å². The van der Waals surface area contributed by atoms with E-state index in [2.05, 4.69) is 10.4 Å². The summed E-state index contributed by atoms with van der Waals surface area (Å²) in [6, 6.07) is 25.0. The molecule has 0 spiro atoms. The highest BCUT2D eigenvalue weighted by molar-refractivity contribution is 6.31. The maximum Gasteiger partial charge on any atom is 0.259 e. The van der Waals surface area contributed by atoms with Crippen LogP contribution in [0.1, 0.15) is 15.9 Å². The first-order chi connectivity index (χ1) is 13.6. The van der Waals surface area contributed by atoms with Crippen molar-refractivity contribution in [3.63, 3.8) is 0 Å². The van der Waals surface area contributed by atoms with E-state index in [1.54, 1.807) is 16.9 Å². The first-order valence-electron chi connectivity index (χ1n) is 8.90. The number of carbonyl (C=O) groups is 1. The van der Waals surface area contributed by atoms with Gasteiger partial charge in [-0.3, -0.25) is 4.79 Å². The van der Waals surface area contributed by atoms with Gasteiger partial charge in [0.15, 0.2) is 0 Å². The van der Waals surface area contributed by atoms with Gasteiger partial charge in [-0.05, 0) is 36.8 Å². The molecule has 0 fully saturated rings. The fourth-order valence-electron chi connectivity index (χ4n) is 3.09. The molecular weight excluding hydrogens is 370 g/mol. The van der Waals surface area contributed by atoms with E-state index in [9.17, 15) is 4.79 Å². The topological polar surface area (TPSA) is 46.9 Å². The molecule has 0 saturated heterocycles. The molecule has 1 aromatic heterocycles. The van der Waals surface area contributed by atoms with Crippen LogP contribution in [0.5, 0.6) is 0 Å². The number of nitrogens with one attached hydrogen (secondary N) is 1. The smallest absolute Gasteiger partial charge is 0.259 e. The average Bonchev–Trinajstić information content (AvgIpc) is 3.18. The van der Waals surface area contributed by atoms with Crippen LogP contribution in [0.2, 0.25) is 5.02 Å². The number of hydrogen-bond donors (Lipinski definition) is 1. The molecule has 1 amide bonds. The number of nitrogens with zero attached hydrogens (tertiary/aromatic N) is 2. The summed E-state index contributed by atoms with van der Waals surface area (Å²) < 4.78 is 1.79. The second-order valence-electron chi connectivity index (χ2n) is 6.39. The summed E-state index contributed by atoms with van der Waals surface area (Å²) in [6.45, 7) is 1.88. The minimum atomic E-state index is -0.230. The Morgan fingerprint density at radius 1 is 0.929 bits per heavy atom. The van der Waals surface area contributed by atoms with Crippen molar-refractivity contribution in [3.8, 4) is 16.9 Å². The van der Waals surface area contributed by atoms with Gasteiger partial charge in [0.25, 0.3) is 5.91 Å². The highest BCUT2D eigenvalue weighted by Crippen LogP contribution is 2.28. The van der Waals surface area contributed by atoms with Crippen LogP contribution in [0.15, 0.2) is 85.1 Å². The molecule has 4 nitrogen and oxygen atoms in total. The lowest BCUT2D eigenvalue weighted by Gasteiger charge is -2.12. The highest BCUT2D eigenvalue weighted by atomic mass is 35.5. The molecule has 0 aliphatic carbocycles. The molecule has 5 heteroatoms. The van der Waals surface area contributed by atoms with Crippen molar-refractivity contribution in [2.24, 2.45) is 0 Å². The summed E-state index contributed by atoms with van der Waals surface area (Å²) in [7, 11) is 0. The van der Waals surface area contributed by atoms with E-state index in [1.807, 2.05) is 79.7 Å². The van der Waals surface area contributed by atoms with E-state index in [1.165, 1.54) is 0 Å². The molecular formula is C23H18ClN3O. The summed E-state index contributed by atoms with van der Waals surface area (Å²) in [5.74, 6) is -0.230. The fourth-order valence-corrected chi connectivity index (χ4v) is 3.26. The Labute approximate surface area is 168 Å². The second-order valence-corrected chi connectivity index (χ2v) is 6.79. The standard InChI is InChI=1S/C23H18ClN3O/c1-16-20(24)13-8-14-21(16)26-23(28)19-15-25-27(18-11-6-3-7-12-18)22(19)17-9-4-2-5-10-17/h2-15H,1H3,(H,26,28). The van der Waals surface area contributed by atoms with Crippen molar-refractivity contribution in [2.75, 3.05) is 5.32 Å². The third-order valence-corrected chi connectivity index (χ3v) is 4.99. The molecule has 4 rings (SSSR count). The Balaban J connectivity index is 1.80. The van der Waals surface area contributed by atoms with E-state index in [4.69, 9.17) is 11.6 Å². The first kappa shape index (κ1) is 18.0. The van der Waals surface area contributed by atoms with Crippen LogP contribution >= 0.6 is 11.6 Å². The number of carbonyl (C=O) groups excluding carboxylic acids is 1. The number of para-hydroxylation sites is 1. The lowest BCUT2D eigenvalue weighted by molar-refractivity contribution is 0.102. The molecule has 1 heterocycles. The number of hydrogen-bond acceptors (Lipinski definition) is 2. The van der Waals surface area contributed by atoms with Crippen LogP contribution < -0.4 is 5.32 Å². The molecule has 0 aliphatic rings. The molecule has 0 unspecified atom stereocenters. The summed E-state index contributed by atoms with van der Waals surface area (Å²) in [6.07, 6.45) is 1.60. The van der Waals surface area contributed by atoms with Crippen LogP contribution in [0.3, 0.4) is 0 Å². The predicted octanol–water partition coefficient (Wildman–Crippen LogP) is 5.75. The third kappa shape index (κ3) is 3.42. The number of amides is 1. The van der Waals surface area contributed by atoms with Crippen LogP contribution in [-0.2, 0) is 0 Å². The Kier molecular flexibility index (Phi) is 4.96. The van der Waals surface area contributed by atoms with Gasteiger partial charge in [0, 0.05) is 16.3 Å². The second kappa shape index (κ2) is 7.71. The first-order valence-corrected chi connectivity index (χ1v) is 9.28. The zero-order valence-corrected chi connectivity index (χ0v) is 16.0. The summed E-state index contributed by atoms with van der Waals surface area (Å²) in [5, 5.41) is 8.07. The maximum absolute atomic E-state index is 13.1. The van der Waals surface area contributed by atoms with Gasteiger partial charge in [0.1, 0.15) is 0 Å². The van der Waals surface area contributed by atoms with Crippen molar-refractivity contribution in [2.45, 2.75) is 6.92 Å². The average molecular weight is 388 g/mol. The van der Waals surface area contributed by atoms with E-state index in [0.29, 0.717) is 16.3 Å². The Hall–Kier alpha value is -3.37. The molecule has 0 atom stereocenters. The SMILES string of the molecule is Cc1c(Cl)cccc1NC(=O)c1cnn(-c2ccccc2)c1-c1ccccc1. The zero-order chi connectivity index (χ0) is 19.5. The zero-order valence-electron chi connectivity index (χ0n) is 15.3. The van der Waals surface area contributed by atoms with Crippen LogP contribution in [-0.4, -0.2) is 15.7 Å². The molecule has 4 aromatic rings. The number of rotatable bonds is 4. The summed E-state index contributed by atoms with van der Waals surface area (Å²) in [4.78, 5) is 13.1. The van der Waals surface area contributed by atoms with Gasteiger partial charge in [-0.25, -0.2) is 4.68 Å². The van der Waals surface area contributed by atoms with Gasteiger partial charge in [-0.1, -0.05) is 66.2 Å². The molecule has 138 valence electrons. The van der Waals surface area contributed by atoms with Crippen LogP contribution in [0.25, 0.3) is 16.9 Å². The Bertz CT molecular complexity index is 1120. The predicted molar refractivity (Wildman–Crippen MR) is 113 cm³/mol. The Morgan fingerprint density at radius 2 is 1.61 bits per heavy atom. The van der Waals surface area contributed by atoms with Crippen molar-refractivity contribution >= 4 is 23.2 Å². The Morgan fingerprint density at radius 3 is 2.32 bits per heavy atom. The third-order valence-electron chi connectivity index (χ3n) is 4.58. The minimum absolute atomic E-state index is 0.230. The van der Waals surface area contributed by atoms with Gasteiger partial charge in [0.05, 0.1) is 23.1 Å². The normalized spacial score (nSPS) is 10.6. The molecule has 1 N–H and O–H groups in total. The highest BCUT2D eigenvalue weighted by Gasteiger charge is 2.20. The number of halogens is 1. The number of anilines is 1. The fraction of sp³-hybridized carbons (Fsp3) is 0.0435. The van der Waals surface area contributed by atoms with Crippen molar-refractivity contribution in [1.29, 1.82) is 0 Å². The van der Waals surface area contributed by atoms with Crippen LogP contribution in [0, 0.1) is 6.92 Å².